The molecule has 2 rings (SSSR count). The molecule has 1 aromatic heterocycles. The zero-order valence-corrected chi connectivity index (χ0v) is 8.05. The number of amides is 2. The molecule has 5 heteroatoms. The van der Waals surface area contributed by atoms with Gasteiger partial charge >= 0.3 is 6.03 Å². The van der Waals surface area contributed by atoms with Gasteiger partial charge in [-0.25, -0.2) is 4.79 Å². The second kappa shape index (κ2) is 3.53. The lowest BCUT2D eigenvalue weighted by Gasteiger charge is -2.15. The van der Waals surface area contributed by atoms with Gasteiger partial charge in [0.25, 0.3) is 0 Å². The predicted octanol–water partition coefficient (Wildman–Crippen LogP) is 0.888. The van der Waals surface area contributed by atoms with E-state index in [9.17, 15) is 4.79 Å². The van der Waals surface area contributed by atoms with Crippen LogP contribution in [0.1, 0.15) is 5.56 Å². The molecule has 15 heavy (non-hydrogen) atoms. The summed E-state index contributed by atoms with van der Waals surface area (Å²) in [6.45, 7) is 4.09. The van der Waals surface area contributed by atoms with Gasteiger partial charge in [0.1, 0.15) is 0 Å². The number of pyridine rings is 1. The van der Waals surface area contributed by atoms with Crippen LogP contribution < -0.4 is 5.73 Å². The minimum Gasteiger partial charge on any atom is -0.382 e. The number of carbonyl (C=O) groups excluding carboxylic acids is 1. The molecule has 0 atom stereocenters. The zero-order chi connectivity index (χ0) is 10.8. The second-order valence-electron chi connectivity index (χ2n) is 3.17. The monoisotopic (exact) mass is 202 g/mol. The highest BCUT2D eigenvalue weighted by atomic mass is 16.2. The fraction of sp³-hybridized carbons (Fsp3) is 0.100. The van der Waals surface area contributed by atoms with Gasteiger partial charge in [-0.2, -0.15) is 4.99 Å². The fourth-order valence-electron chi connectivity index (χ4n) is 1.32. The first-order valence-electron chi connectivity index (χ1n) is 4.42. The molecule has 1 aromatic rings. The van der Waals surface area contributed by atoms with Crippen molar-refractivity contribution in [3.63, 3.8) is 0 Å². The van der Waals surface area contributed by atoms with E-state index in [-0.39, 0.29) is 11.9 Å². The normalized spacial score (nSPS) is 15.7. The topological polar surface area (TPSA) is 71.6 Å². The summed E-state index contributed by atoms with van der Waals surface area (Å²) in [5.41, 5.74) is 6.85. The number of urea groups is 1. The third-order valence-corrected chi connectivity index (χ3v) is 2.13. The Labute approximate surface area is 86.9 Å². The van der Waals surface area contributed by atoms with Crippen molar-refractivity contribution in [2.75, 3.05) is 0 Å². The van der Waals surface area contributed by atoms with Crippen molar-refractivity contribution < 1.29 is 4.79 Å². The summed E-state index contributed by atoms with van der Waals surface area (Å²) in [6, 6.07) is 3.31. The SMILES string of the molecule is C=C1C(N)=NC(=O)N1Cc1cccnc1. The molecular formula is C10H10N4O. The molecule has 5 nitrogen and oxygen atoms in total. The summed E-state index contributed by atoms with van der Waals surface area (Å²) in [5.74, 6) is 0.184. The molecule has 1 aliphatic rings. The Bertz CT molecular complexity index is 438. The fourth-order valence-corrected chi connectivity index (χ4v) is 1.32. The van der Waals surface area contributed by atoms with Gasteiger partial charge in [0, 0.05) is 12.4 Å². The molecule has 0 spiro atoms. The first-order chi connectivity index (χ1) is 7.18. The maximum atomic E-state index is 11.4. The summed E-state index contributed by atoms with van der Waals surface area (Å²) in [7, 11) is 0. The van der Waals surface area contributed by atoms with Crippen LogP contribution in [0.25, 0.3) is 0 Å². The molecule has 2 N–H and O–H groups in total. The van der Waals surface area contributed by atoms with Crippen LogP contribution in [-0.4, -0.2) is 21.8 Å². The number of amidine groups is 1. The van der Waals surface area contributed by atoms with Crippen LogP contribution in [0, 0.1) is 0 Å². The number of aliphatic imine (C=N–C) groups is 1. The average molecular weight is 202 g/mol. The van der Waals surface area contributed by atoms with E-state index in [0.29, 0.717) is 12.2 Å². The van der Waals surface area contributed by atoms with Crippen LogP contribution in [0.5, 0.6) is 0 Å². The van der Waals surface area contributed by atoms with E-state index >= 15 is 0 Å². The molecule has 0 saturated carbocycles. The minimum absolute atomic E-state index is 0.184. The van der Waals surface area contributed by atoms with E-state index in [2.05, 4.69) is 16.6 Å². The molecule has 0 bridgehead atoms. The Kier molecular flexibility index (Phi) is 2.21. The minimum atomic E-state index is -0.374. The number of rotatable bonds is 2. The van der Waals surface area contributed by atoms with E-state index in [4.69, 9.17) is 5.73 Å². The first kappa shape index (κ1) is 9.39. The van der Waals surface area contributed by atoms with Gasteiger partial charge in [0.2, 0.25) is 0 Å². The third-order valence-electron chi connectivity index (χ3n) is 2.13. The second-order valence-corrected chi connectivity index (χ2v) is 3.17. The third kappa shape index (κ3) is 1.71. The molecule has 2 heterocycles. The Morgan fingerprint density at radius 3 is 2.87 bits per heavy atom. The van der Waals surface area contributed by atoms with Gasteiger partial charge in [-0.05, 0) is 11.6 Å². The van der Waals surface area contributed by atoms with Crippen LogP contribution >= 0.6 is 0 Å². The summed E-state index contributed by atoms with van der Waals surface area (Å²) in [6.07, 6.45) is 3.37. The lowest BCUT2D eigenvalue weighted by atomic mass is 10.2. The van der Waals surface area contributed by atoms with Crippen molar-refractivity contribution in [3.05, 3.63) is 42.4 Å². The van der Waals surface area contributed by atoms with Crippen molar-refractivity contribution in [1.82, 2.24) is 9.88 Å². The smallest absolute Gasteiger partial charge is 0.350 e. The molecule has 1 aliphatic heterocycles. The molecule has 0 fully saturated rings. The lowest BCUT2D eigenvalue weighted by Crippen LogP contribution is -2.25. The molecule has 0 unspecified atom stereocenters. The van der Waals surface area contributed by atoms with Gasteiger partial charge in [-0.3, -0.25) is 9.88 Å². The summed E-state index contributed by atoms with van der Waals surface area (Å²) in [5, 5.41) is 0. The Hall–Kier alpha value is -2.17. The summed E-state index contributed by atoms with van der Waals surface area (Å²) in [4.78, 5) is 20.4. The van der Waals surface area contributed by atoms with Crippen LogP contribution in [0.4, 0.5) is 4.79 Å². The highest BCUT2D eigenvalue weighted by Crippen LogP contribution is 2.16. The van der Waals surface area contributed by atoms with Crippen LogP contribution in [0.15, 0.2) is 41.8 Å². The van der Waals surface area contributed by atoms with E-state index in [1.54, 1.807) is 12.4 Å². The van der Waals surface area contributed by atoms with Crippen LogP contribution in [-0.2, 0) is 6.54 Å². The number of nitrogens with zero attached hydrogens (tertiary/aromatic N) is 3. The maximum absolute atomic E-state index is 11.4. The van der Waals surface area contributed by atoms with E-state index in [1.807, 2.05) is 12.1 Å². The quantitative estimate of drug-likeness (QED) is 0.774. The van der Waals surface area contributed by atoms with Crippen molar-refractivity contribution in [3.8, 4) is 0 Å². The van der Waals surface area contributed by atoms with Gasteiger partial charge in [0.15, 0.2) is 5.84 Å². The van der Waals surface area contributed by atoms with Crippen LogP contribution in [0.2, 0.25) is 0 Å². The van der Waals surface area contributed by atoms with Gasteiger partial charge in [-0.1, -0.05) is 12.6 Å². The molecule has 2 amide bonds. The number of hydrogen-bond donors (Lipinski definition) is 1. The molecule has 0 radical (unpaired) electrons. The average Bonchev–Trinajstić information content (AvgIpc) is 2.47. The molecular weight excluding hydrogens is 192 g/mol. The van der Waals surface area contributed by atoms with E-state index in [0.717, 1.165) is 5.56 Å². The summed E-state index contributed by atoms with van der Waals surface area (Å²) >= 11 is 0. The molecule has 0 saturated heterocycles. The number of nitrogens with two attached hydrogens (primary N) is 1. The van der Waals surface area contributed by atoms with Crippen LogP contribution in [0.3, 0.4) is 0 Å². The number of carbonyl (C=O) groups is 1. The summed E-state index contributed by atoms with van der Waals surface area (Å²) < 4.78 is 0. The van der Waals surface area contributed by atoms with E-state index < -0.39 is 0 Å². The van der Waals surface area contributed by atoms with E-state index in [1.165, 1.54) is 4.90 Å². The molecule has 0 aromatic carbocycles. The maximum Gasteiger partial charge on any atom is 0.350 e. The number of hydrogen-bond acceptors (Lipinski definition) is 3. The predicted molar refractivity (Wildman–Crippen MR) is 55.9 cm³/mol. The molecule has 76 valence electrons. The Balaban J connectivity index is 2.15. The Morgan fingerprint density at radius 2 is 2.33 bits per heavy atom. The number of aromatic nitrogens is 1. The van der Waals surface area contributed by atoms with Crippen molar-refractivity contribution in [2.45, 2.75) is 6.54 Å². The van der Waals surface area contributed by atoms with Crippen molar-refractivity contribution >= 4 is 11.9 Å². The standard InChI is InChI=1S/C10H10N4O/c1-7-9(11)13-10(15)14(7)6-8-3-2-4-12-5-8/h2-5H,1,6H2,(H2,11,13,15). The zero-order valence-electron chi connectivity index (χ0n) is 8.05. The first-order valence-corrected chi connectivity index (χ1v) is 4.42. The van der Waals surface area contributed by atoms with Gasteiger partial charge in [0.05, 0.1) is 12.2 Å². The van der Waals surface area contributed by atoms with Crippen molar-refractivity contribution in [1.29, 1.82) is 0 Å². The van der Waals surface area contributed by atoms with Crippen molar-refractivity contribution in [2.24, 2.45) is 10.7 Å². The highest BCUT2D eigenvalue weighted by molar-refractivity contribution is 6.10. The Morgan fingerprint density at radius 1 is 1.53 bits per heavy atom. The van der Waals surface area contributed by atoms with Gasteiger partial charge < -0.3 is 5.73 Å². The molecule has 0 aliphatic carbocycles. The highest BCUT2D eigenvalue weighted by Gasteiger charge is 2.25. The lowest BCUT2D eigenvalue weighted by molar-refractivity contribution is 0.225. The largest absolute Gasteiger partial charge is 0.382 e. The van der Waals surface area contributed by atoms with Gasteiger partial charge in [-0.15, -0.1) is 0 Å².